The van der Waals surface area contributed by atoms with E-state index in [2.05, 4.69) is 31.9 Å². The van der Waals surface area contributed by atoms with E-state index in [9.17, 15) is 0 Å². The van der Waals surface area contributed by atoms with E-state index in [-0.39, 0.29) is 0 Å². The summed E-state index contributed by atoms with van der Waals surface area (Å²) in [5, 5.41) is 21.6. The molecule has 1 saturated heterocycles. The third kappa shape index (κ3) is 16.8. The molecule has 0 aromatic carbocycles. The van der Waals surface area contributed by atoms with Gasteiger partial charge in [-0.25, -0.2) is 0 Å². The largest absolute Gasteiger partial charge is 0.362 e. The van der Waals surface area contributed by atoms with Crippen LogP contribution in [-0.4, -0.2) is 89.1 Å². The minimum absolute atomic E-state index is 0.732. The Morgan fingerprint density at radius 3 is 0.778 bits per heavy atom. The van der Waals surface area contributed by atoms with Crippen molar-refractivity contribution in [3.05, 3.63) is 0 Å². The lowest BCUT2D eigenvalue weighted by Gasteiger charge is -2.13. The van der Waals surface area contributed by atoms with Gasteiger partial charge in [0, 0.05) is 73.8 Å². The first-order valence-corrected chi connectivity index (χ1v) is 13.7. The second-order valence-corrected chi connectivity index (χ2v) is 10.3. The van der Waals surface area contributed by atoms with Gasteiger partial charge in [0.05, 0.1) is 0 Å². The third-order valence-electron chi connectivity index (χ3n) is 3.19. The topological polar surface area (TPSA) is 72.2 Å². The molecule has 0 amide bonds. The van der Waals surface area contributed by atoms with E-state index >= 15 is 0 Å². The van der Waals surface area contributed by atoms with Crippen molar-refractivity contribution in [3.8, 4) is 0 Å². The quantitative estimate of drug-likeness (QED) is 0.272. The Kier molecular flexibility index (Phi) is 16.9. The van der Waals surface area contributed by atoms with Crippen LogP contribution in [0.1, 0.15) is 0 Å². The Labute approximate surface area is 192 Å². The molecule has 0 atom stereocenters. The number of rotatable bonds is 0. The molecule has 0 bridgehead atoms. The molecule has 0 saturated carbocycles. The molecule has 6 N–H and O–H groups in total. The highest BCUT2D eigenvalue weighted by Crippen LogP contribution is 1.98. The van der Waals surface area contributed by atoms with Crippen molar-refractivity contribution in [1.29, 1.82) is 0 Å². The highest BCUT2D eigenvalue weighted by Gasteiger charge is 1.99. The Hall–Kier alpha value is 0.120. The standard InChI is InChI=1S/C15H30N6S6/c22-13-16-1-7-25-8-2-18-14(23)19-5-11-27-12-6-21-15(24)20-4-10-26-9-3-17-13/h1-12H2,(H2,16,17,22)(H2,18,19,23)(H2,20,21,24). The van der Waals surface area contributed by atoms with Crippen molar-refractivity contribution >= 4 is 87.3 Å². The van der Waals surface area contributed by atoms with Gasteiger partial charge >= 0.3 is 0 Å². The molecule has 6 nitrogen and oxygen atoms in total. The molecule has 1 fully saturated rings. The highest BCUT2D eigenvalue weighted by molar-refractivity contribution is 7.99. The van der Waals surface area contributed by atoms with E-state index in [4.69, 9.17) is 36.7 Å². The molecule has 1 aliphatic rings. The van der Waals surface area contributed by atoms with Gasteiger partial charge in [0.1, 0.15) is 0 Å². The maximum absolute atomic E-state index is 5.28. The van der Waals surface area contributed by atoms with Gasteiger partial charge in [0.25, 0.3) is 0 Å². The second kappa shape index (κ2) is 18.2. The summed E-state index contributed by atoms with van der Waals surface area (Å²) in [4.78, 5) is 0. The average molecular weight is 487 g/mol. The predicted molar refractivity (Wildman–Crippen MR) is 138 cm³/mol. The molecule has 156 valence electrons. The minimum Gasteiger partial charge on any atom is -0.362 e. The van der Waals surface area contributed by atoms with E-state index in [1.165, 1.54) is 0 Å². The zero-order chi connectivity index (χ0) is 19.6. The van der Waals surface area contributed by atoms with Gasteiger partial charge in [-0.1, -0.05) is 0 Å². The lowest BCUT2D eigenvalue weighted by atomic mass is 10.7. The summed E-state index contributed by atoms with van der Waals surface area (Å²) < 4.78 is 0. The lowest BCUT2D eigenvalue weighted by molar-refractivity contribution is 0.877. The first kappa shape index (κ1) is 25.2. The van der Waals surface area contributed by atoms with Crippen LogP contribution in [0, 0.1) is 0 Å². The van der Waals surface area contributed by atoms with Crippen LogP contribution in [-0.2, 0) is 0 Å². The first-order chi connectivity index (χ1) is 13.2. The molecule has 1 heterocycles. The summed E-state index contributed by atoms with van der Waals surface area (Å²) >= 11 is 21.5. The van der Waals surface area contributed by atoms with Crippen LogP contribution in [0.25, 0.3) is 0 Å². The summed E-state index contributed by atoms with van der Waals surface area (Å²) in [6.07, 6.45) is 0. The van der Waals surface area contributed by atoms with Crippen molar-refractivity contribution in [2.75, 3.05) is 73.8 Å². The number of nitrogens with one attached hydrogen (secondary N) is 6. The lowest BCUT2D eigenvalue weighted by Crippen LogP contribution is -2.39. The molecule has 0 aromatic heterocycles. The fourth-order valence-corrected chi connectivity index (χ4v) is 4.62. The van der Waals surface area contributed by atoms with Gasteiger partial charge < -0.3 is 31.9 Å². The first-order valence-electron chi connectivity index (χ1n) is 8.97. The van der Waals surface area contributed by atoms with Crippen molar-refractivity contribution in [2.45, 2.75) is 0 Å². The Balaban J connectivity index is 2.22. The molecular formula is C15H30N6S6. The Morgan fingerprint density at radius 2 is 0.593 bits per heavy atom. The summed E-state index contributed by atoms with van der Waals surface area (Å²) in [7, 11) is 0. The van der Waals surface area contributed by atoms with Gasteiger partial charge in [-0.05, 0) is 36.7 Å². The smallest absolute Gasteiger partial charge is 0.166 e. The Bertz CT molecular complexity index is 347. The summed E-state index contributed by atoms with van der Waals surface area (Å²) in [6, 6.07) is 0. The van der Waals surface area contributed by atoms with E-state index in [0.29, 0.717) is 0 Å². The van der Waals surface area contributed by atoms with Crippen molar-refractivity contribution in [1.82, 2.24) is 31.9 Å². The molecule has 0 aromatic rings. The third-order valence-corrected chi connectivity index (χ3v) is 7.01. The maximum atomic E-state index is 5.28. The van der Waals surface area contributed by atoms with Crippen LogP contribution in [0.3, 0.4) is 0 Å². The second-order valence-electron chi connectivity index (χ2n) is 5.39. The average Bonchev–Trinajstić information content (AvgIpc) is 2.65. The molecule has 0 radical (unpaired) electrons. The van der Waals surface area contributed by atoms with E-state index in [1.807, 2.05) is 35.3 Å². The molecule has 0 spiro atoms. The predicted octanol–water partition coefficient (Wildman–Crippen LogP) is 0.592. The van der Waals surface area contributed by atoms with Crippen LogP contribution in [0.15, 0.2) is 0 Å². The molecule has 1 rings (SSSR count). The molecular weight excluding hydrogens is 457 g/mol. The van der Waals surface area contributed by atoms with Gasteiger partial charge in [0.2, 0.25) is 0 Å². The monoisotopic (exact) mass is 486 g/mol. The minimum atomic E-state index is 0.732. The fourth-order valence-electron chi connectivity index (χ4n) is 1.91. The normalized spacial score (nSPS) is 21.1. The molecule has 27 heavy (non-hydrogen) atoms. The number of thiocarbonyl (C=S) groups is 3. The molecule has 1 aliphatic heterocycles. The van der Waals surface area contributed by atoms with Crippen molar-refractivity contribution in [2.24, 2.45) is 0 Å². The fraction of sp³-hybridized carbons (Fsp3) is 0.800. The molecule has 12 heteroatoms. The maximum Gasteiger partial charge on any atom is 0.166 e. The van der Waals surface area contributed by atoms with Gasteiger partial charge in [0.15, 0.2) is 15.3 Å². The summed E-state index contributed by atoms with van der Waals surface area (Å²) in [5.41, 5.74) is 0. The summed E-state index contributed by atoms with van der Waals surface area (Å²) in [5.74, 6) is 6.14. The number of hydrogen-bond acceptors (Lipinski definition) is 6. The van der Waals surface area contributed by atoms with E-state index in [0.717, 1.165) is 89.1 Å². The van der Waals surface area contributed by atoms with Crippen LogP contribution < -0.4 is 31.9 Å². The van der Waals surface area contributed by atoms with Gasteiger partial charge in [-0.15, -0.1) is 0 Å². The number of thioether (sulfide) groups is 3. The molecule has 0 aliphatic carbocycles. The zero-order valence-electron chi connectivity index (χ0n) is 15.4. The van der Waals surface area contributed by atoms with Crippen LogP contribution in [0.5, 0.6) is 0 Å². The van der Waals surface area contributed by atoms with E-state index < -0.39 is 0 Å². The van der Waals surface area contributed by atoms with Crippen molar-refractivity contribution in [3.63, 3.8) is 0 Å². The highest BCUT2D eigenvalue weighted by atomic mass is 32.2. The van der Waals surface area contributed by atoms with Gasteiger partial charge in [-0.3, -0.25) is 0 Å². The van der Waals surface area contributed by atoms with E-state index in [1.54, 1.807) is 0 Å². The van der Waals surface area contributed by atoms with Crippen LogP contribution in [0.2, 0.25) is 0 Å². The Morgan fingerprint density at radius 1 is 0.407 bits per heavy atom. The molecule has 0 unspecified atom stereocenters. The van der Waals surface area contributed by atoms with Gasteiger partial charge in [-0.2, -0.15) is 35.3 Å². The van der Waals surface area contributed by atoms with Crippen LogP contribution in [0.4, 0.5) is 0 Å². The number of hydrogen-bond donors (Lipinski definition) is 6. The summed E-state index contributed by atoms with van der Waals surface area (Å²) in [6.45, 7) is 5.24. The van der Waals surface area contributed by atoms with Crippen LogP contribution >= 0.6 is 71.9 Å². The SMILES string of the molecule is S=C1NCCSCCNC(=S)NCCSCCNC(=S)NCCSCCN1. The zero-order valence-corrected chi connectivity index (χ0v) is 20.3. The van der Waals surface area contributed by atoms with Crippen molar-refractivity contribution < 1.29 is 0 Å².